The van der Waals surface area contributed by atoms with Crippen molar-refractivity contribution in [2.75, 3.05) is 0 Å². The van der Waals surface area contributed by atoms with Crippen LogP contribution in [-0.4, -0.2) is 20.6 Å². The van der Waals surface area contributed by atoms with E-state index < -0.39 is 0 Å². The Morgan fingerprint density at radius 2 is 2.26 bits per heavy atom. The number of benzene rings is 1. The predicted molar refractivity (Wildman–Crippen MR) is 129 cm³/mol. The van der Waals surface area contributed by atoms with Crippen LogP contribution in [-0.2, 0) is 19.4 Å². The van der Waals surface area contributed by atoms with Gasteiger partial charge in [-0.3, -0.25) is 9.36 Å². The third-order valence-electron chi connectivity index (χ3n) is 5.96. The molecule has 8 heteroatoms. The van der Waals surface area contributed by atoms with E-state index in [2.05, 4.69) is 21.4 Å². The zero-order valence-electron chi connectivity index (χ0n) is 17.4. The fourth-order valence-corrected chi connectivity index (χ4v) is 6.42. The van der Waals surface area contributed by atoms with Crippen LogP contribution < -0.4 is 10.9 Å². The van der Waals surface area contributed by atoms with Crippen molar-refractivity contribution in [2.45, 2.75) is 51.7 Å². The maximum Gasteiger partial charge on any atom is 0.262 e. The van der Waals surface area contributed by atoms with Gasteiger partial charge in [0.2, 0.25) is 0 Å². The Bertz CT molecular complexity index is 1310. The molecule has 0 saturated heterocycles. The molecular formula is C23H23ClN4OS2. The van der Waals surface area contributed by atoms with E-state index in [1.165, 1.54) is 16.0 Å². The molecule has 2 atom stereocenters. The first-order chi connectivity index (χ1) is 15.0. The van der Waals surface area contributed by atoms with Gasteiger partial charge in [0, 0.05) is 27.9 Å². The monoisotopic (exact) mass is 470 g/mol. The van der Waals surface area contributed by atoms with Crippen molar-refractivity contribution in [1.82, 2.24) is 19.9 Å². The minimum atomic E-state index is -0.124. The number of aryl methyl sites for hydroxylation is 2. The van der Waals surface area contributed by atoms with Gasteiger partial charge in [-0.2, -0.15) is 0 Å². The summed E-state index contributed by atoms with van der Waals surface area (Å²) < 4.78 is 1.73. The summed E-state index contributed by atoms with van der Waals surface area (Å²) in [5.41, 5.74) is 3.34. The molecule has 0 aliphatic heterocycles. The van der Waals surface area contributed by atoms with Gasteiger partial charge in [0.15, 0.2) is 0 Å². The molecule has 3 aromatic heterocycles. The molecule has 0 bridgehead atoms. The van der Waals surface area contributed by atoms with E-state index >= 15 is 0 Å². The van der Waals surface area contributed by atoms with Crippen molar-refractivity contribution in [2.24, 2.45) is 0 Å². The third kappa shape index (κ3) is 4.07. The van der Waals surface area contributed by atoms with E-state index in [0.717, 1.165) is 51.7 Å². The van der Waals surface area contributed by atoms with Gasteiger partial charge >= 0.3 is 0 Å². The molecular weight excluding hydrogens is 448 g/mol. The highest BCUT2D eigenvalue weighted by atomic mass is 35.5. The van der Waals surface area contributed by atoms with E-state index in [1.54, 1.807) is 33.6 Å². The highest BCUT2D eigenvalue weighted by Gasteiger charge is 2.26. The molecule has 1 N–H and O–H groups in total. The Hall–Kier alpha value is -2.06. The van der Waals surface area contributed by atoms with Crippen LogP contribution in [0, 0.1) is 6.92 Å². The number of halogens is 1. The average molecular weight is 471 g/mol. The summed E-state index contributed by atoms with van der Waals surface area (Å²) in [5.74, 6) is 0. The lowest BCUT2D eigenvalue weighted by molar-refractivity contribution is 0.462. The molecule has 0 saturated carbocycles. The largest absolute Gasteiger partial charge is 0.310 e. The maximum absolute atomic E-state index is 13.4. The molecule has 5 nitrogen and oxygen atoms in total. The first-order valence-corrected chi connectivity index (χ1v) is 12.5. The summed E-state index contributed by atoms with van der Waals surface area (Å²) >= 11 is 9.37. The highest BCUT2D eigenvalue weighted by molar-refractivity contribution is 7.18. The number of fused-ring (bicyclic) bond motifs is 3. The lowest BCUT2D eigenvalue weighted by Gasteiger charge is -2.23. The van der Waals surface area contributed by atoms with Crippen LogP contribution in [0.5, 0.6) is 0 Å². The molecule has 3 heterocycles. The molecule has 1 aromatic carbocycles. The van der Waals surface area contributed by atoms with E-state index in [1.807, 2.05) is 37.4 Å². The molecule has 160 valence electrons. The molecule has 1 aliphatic carbocycles. The van der Waals surface area contributed by atoms with Crippen molar-refractivity contribution in [3.8, 4) is 0 Å². The molecule has 0 spiro atoms. The van der Waals surface area contributed by atoms with Gasteiger partial charge in [0.05, 0.1) is 28.5 Å². The zero-order chi connectivity index (χ0) is 21.5. The standard InChI is InChI=1S/C23H23ClN4OS2/c1-13(19-11-30-14(2)27-19)28-12-26-22-21(23(28)29)18-7-6-17(9-20(18)31-22)25-10-15-4-3-5-16(24)8-15/h3-5,8,11-13,17,25H,6-7,9-10H2,1-2H3/t13-,17-/m1/s1. The van der Waals surface area contributed by atoms with Crippen LogP contribution in [0.3, 0.4) is 0 Å². The first kappa shape index (κ1) is 20.8. The molecule has 0 radical (unpaired) electrons. The van der Waals surface area contributed by atoms with Gasteiger partial charge < -0.3 is 5.32 Å². The minimum Gasteiger partial charge on any atom is -0.310 e. The van der Waals surface area contributed by atoms with Gasteiger partial charge in [0.25, 0.3) is 5.56 Å². The van der Waals surface area contributed by atoms with Gasteiger partial charge in [-0.15, -0.1) is 22.7 Å². The van der Waals surface area contributed by atoms with Crippen LogP contribution in [0.1, 0.15) is 46.1 Å². The lowest BCUT2D eigenvalue weighted by atomic mass is 9.93. The SMILES string of the molecule is Cc1nc([C@@H](C)n2cnc3sc4c(c3c2=O)CC[C@@H](NCc2cccc(Cl)c2)C4)cs1. The Morgan fingerprint density at radius 3 is 3.03 bits per heavy atom. The van der Waals surface area contributed by atoms with Crippen molar-refractivity contribution in [3.63, 3.8) is 0 Å². The van der Waals surface area contributed by atoms with Crippen molar-refractivity contribution < 1.29 is 0 Å². The molecule has 0 amide bonds. The highest BCUT2D eigenvalue weighted by Crippen LogP contribution is 2.34. The summed E-state index contributed by atoms with van der Waals surface area (Å²) in [4.78, 5) is 24.7. The molecule has 0 fully saturated rings. The second-order valence-electron chi connectivity index (χ2n) is 8.06. The third-order valence-corrected chi connectivity index (χ3v) is 8.15. The molecule has 31 heavy (non-hydrogen) atoms. The summed E-state index contributed by atoms with van der Waals surface area (Å²) in [6.45, 7) is 4.79. The summed E-state index contributed by atoms with van der Waals surface area (Å²) in [6.07, 6.45) is 4.51. The number of aromatic nitrogens is 3. The van der Waals surface area contributed by atoms with E-state index in [4.69, 9.17) is 11.6 Å². The van der Waals surface area contributed by atoms with Gasteiger partial charge in [-0.1, -0.05) is 23.7 Å². The number of nitrogens with one attached hydrogen (secondary N) is 1. The van der Waals surface area contributed by atoms with Gasteiger partial charge in [0.1, 0.15) is 4.83 Å². The Labute approximate surface area is 193 Å². The van der Waals surface area contributed by atoms with E-state index in [-0.39, 0.29) is 11.6 Å². The summed E-state index contributed by atoms with van der Waals surface area (Å²) in [5, 5.41) is 8.25. The fourth-order valence-electron chi connectivity index (χ4n) is 4.25. The average Bonchev–Trinajstić information content (AvgIpc) is 3.35. The zero-order valence-corrected chi connectivity index (χ0v) is 19.8. The Morgan fingerprint density at radius 1 is 1.39 bits per heavy atom. The quantitative estimate of drug-likeness (QED) is 0.439. The number of hydrogen-bond donors (Lipinski definition) is 1. The molecule has 0 unspecified atom stereocenters. The number of hydrogen-bond acceptors (Lipinski definition) is 6. The first-order valence-electron chi connectivity index (χ1n) is 10.4. The van der Waals surface area contributed by atoms with Crippen LogP contribution in [0.25, 0.3) is 10.2 Å². The maximum atomic E-state index is 13.4. The van der Waals surface area contributed by atoms with Crippen molar-refractivity contribution in [3.05, 3.63) is 78.1 Å². The van der Waals surface area contributed by atoms with Crippen molar-refractivity contribution in [1.29, 1.82) is 0 Å². The number of nitrogens with zero attached hydrogens (tertiary/aromatic N) is 3. The summed E-state index contributed by atoms with van der Waals surface area (Å²) in [6, 6.07) is 8.23. The second kappa shape index (κ2) is 8.47. The van der Waals surface area contributed by atoms with Crippen LogP contribution in [0.4, 0.5) is 0 Å². The van der Waals surface area contributed by atoms with Crippen LogP contribution in [0.15, 0.2) is 40.8 Å². The number of thiophene rings is 1. The van der Waals surface area contributed by atoms with Crippen molar-refractivity contribution >= 4 is 44.5 Å². The van der Waals surface area contributed by atoms with Crippen LogP contribution in [0.2, 0.25) is 5.02 Å². The smallest absolute Gasteiger partial charge is 0.262 e. The number of rotatable bonds is 5. The second-order valence-corrected chi connectivity index (χ2v) is 10.6. The number of thiazole rings is 1. The van der Waals surface area contributed by atoms with E-state index in [0.29, 0.717) is 6.04 Å². The predicted octanol–water partition coefficient (Wildman–Crippen LogP) is 5.13. The topological polar surface area (TPSA) is 59.8 Å². The summed E-state index contributed by atoms with van der Waals surface area (Å²) in [7, 11) is 0. The Kier molecular flexibility index (Phi) is 5.69. The molecule has 1 aliphatic rings. The van der Waals surface area contributed by atoms with Crippen LogP contribution >= 0.6 is 34.3 Å². The Balaban J connectivity index is 1.39. The molecule has 5 rings (SSSR count). The van der Waals surface area contributed by atoms with Gasteiger partial charge in [-0.05, 0) is 56.4 Å². The fraction of sp³-hybridized carbons (Fsp3) is 0.348. The minimum absolute atomic E-state index is 0.0472. The lowest BCUT2D eigenvalue weighted by Crippen LogP contribution is -2.34. The molecule has 4 aromatic rings. The normalized spacial score (nSPS) is 17.1. The van der Waals surface area contributed by atoms with E-state index in [9.17, 15) is 4.79 Å². The van der Waals surface area contributed by atoms with Gasteiger partial charge in [-0.25, -0.2) is 9.97 Å².